The van der Waals surface area contributed by atoms with Gasteiger partial charge in [-0.05, 0) is 60.5 Å². The highest BCUT2D eigenvalue weighted by Gasteiger charge is 2.08. The van der Waals surface area contributed by atoms with Crippen molar-refractivity contribution in [3.8, 4) is 5.75 Å². The second kappa shape index (κ2) is 15.4. The number of halogens is 1. The third-order valence-corrected chi connectivity index (χ3v) is 5.61. The van der Waals surface area contributed by atoms with E-state index in [0.29, 0.717) is 17.7 Å². The maximum absolute atomic E-state index is 12.1. The van der Waals surface area contributed by atoms with Gasteiger partial charge in [0.15, 0.2) is 0 Å². The summed E-state index contributed by atoms with van der Waals surface area (Å²) in [5, 5.41) is 4.01. The van der Waals surface area contributed by atoms with Crippen LogP contribution in [-0.2, 0) is 4.79 Å². The molecule has 0 aliphatic carbocycles. The Kier molecular flexibility index (Phi) is 12.4. The Balaban J connectivity index is 1.61. The van der Waals surface area contributed by atoms with Gasteiger partial charge in [0.25, 0.3) is 0 Å². The minimum absolute atomic E-state index is 0.0655. The summed E-state index contributed by atoms with van der Waals surface area (Å²) in [4.78, 5) is 24.0. The molecule has 0 heterocycles. The minimum Gasteiger partial charge on any atom is -0.423 e. The van der Waals surface area contributed by atoms with Crippen molar-refractivity contribution in [2.45, 2.75) is 71.1 Å². The monoisotopic (exact) mass is 500 g/mol. The van der Waals surface area contributed by atoms with E-state index in [2.05, 4.69) is 33.4 Å². The van der Waals surface area contributed by atoms with Crippen molar-refractivity contribution >= 4 is 34.0 Å². The average Bonchev–Trinajstić information content (AvgIpc) is 2.79. The molecule has 172 valence electrons. The van der Waals surface area contributed by atoms with Crippen LogP contribution in [-0.4, -0.2) is 18.1 Å². The summed E-state index contributed by atoms with van der Waals surface area (Å²) >= 11 is 3.34. The summed E-state index contributed by atoms with van der Waals surface area (Å²) in [5.41, 5.74) is 3.85. The van der Waals surface area contributed by atoms with E-state index in [0.717, 1.165) is 22.9 Å². The summed E-state index contributed by atoms with van der Waals surface area (Å²) in [5.74, 6) is -0.0311. The third-order valence-electron chi connectivity index (χ3n) is 5.08. The van der Waals surface area contributed by atoms with Crippen molar-refractivity contribution in [2.24, 2.45) is 5.10 Å². The highest BCUT2D eigenvalue weighted by atomic mass is 79.9. The first kappa shape index (κ1) is 25.8. The average molecular weight is 501 g/mol. The number of amides is 1. The molecule has 0 radical (unpaired) electrons. The molecule has 6 heteroatoms. The third kappa shape index (κ3) is 10.7. The Morgan fingerprint density at radius 2 is 1.47 bits per heavy atom. The van der Waals surface area contributed by atoms with Crippen LogP contribution in [0.3, 0.4) is 0 Å². The van der Waals surface area contributed by atoms with Crippen LogP contribution in [0, 0.1) is 0 Å². The number of unbranched alkanes of at least 4 members (excludes halogenated alkanes) is 8. The number of nitrogens with one attached hydrogen (secondary N) is 1. The first-order valence-corrected chi connectivity index (χ1v) is 12.3. The lowest BCUT2D eigenvalue weighted by atomic mass is 10.1. The zero-order valence-electron chi connectivity index (χ0n) is 18.8. The zero-order valence-corrected chi connectivity index (χ0v) is 20.4. The molecule has 0 atom stereocenters. The van der Waals surface area contributed by atoms with Gasteiger partial charge in [0.1, 0.15) is 5.75 Å². The maximum Gasteiger partial charge on any atom is 0.343 e. The molecule has 0 saturated heterocycles. The van der Waals surface area contributed by atoms with Gasteiger partial charge in [-0.2, -0.15) is 5.10 Å². The van der Waals surface area contributed by atoms with Crippen LogP contribution in [0.1, 0.15) is 87.1 Å². The van der Waals surface area contributed by atoms with E-state index in [-0.39, 0.29) is 5.91 Å². The summed E-state index contributed by atoms with van der Waals surface area (Å²) < 4.78 is 6.27. The van der Waals surface area contributed by atoms with Crippen LogP contribution in [0.25, 0.3) is 0 Å². The van der Waals surface area contributed by atoms with Crippen LogP contribution in [0.4, 0.5) is 0 Å². The van der Waals surface area contributed by atoms with E-state index >= 15 is 0 Å². The van der Waals surface area contributed by atoms with Crippen LogP contribution in [0.2, 0.25) is 0 Å². The molecule has 0 aliphatic rings. The molecule has 0 aliphatic heterocycles. The normalized spacial score (nSPS) is 10.9. The zero-order chi connectivity index (χ0) is 23.0. The molecule has 2 rings (SSSR count). The molecule has 0 bridgehead atoms. The summed E-state index contributed by atoms with van der Waals surface area (Å²) in [6.45, 7) is 2.23. The molecule has 1 N–H and O–H groups in total. The highest BCUT2D eigenvalue weighted by Crippen LogP contribution is 2.16. The molecular weight excluding hydrogens is 468 g/mol. The SMILES string of the molecule is CCCCCCCCCCCC(=O)NN=Cc1ccc(OC(=O)c2ccc(Br)cc2)cc1. The van der Waals surface area contributed by atoms with Gasteiger partial charge in [0.2, 0.25) is 5.91 Å². The summed E-state index contributed by atoms with van der Waals surface area (Å²) in [6, 6.07) is 13.9. The number of hydrogen-bond acceptors (Lipinski definition) is 4. The Hall–Kier alpha value is -2.47. The fourth-order valence-electron chi connectivity index (χ4n) is 3.20. The quantitative estimate of drug-likeness (QED) is 0.0993. The number of esters is 1. The topological polar surface area (TPSA) is 67.8 Å². The van der Waals surface area contributed by atoms with E-state index in [1.54, 1.807) is 54.7 Å². The molecule has 2 aromatic carbocycles. The lowest BCUT2D eigenvalue weighted by Crippen LogP contribution is -2.16. The van der Waals surface area contributed by atoms with Crippen LogP contribution in [0.15, 0.2) is 58.1 Å². The number of nitrogens with zero attached hydrogens (tertiary/aromatic N) is 1. The first-order valence-electron chi connectivity index (χ1n) is 11.5. The first-order chi connectivity index (χ1) is 15.6. The molecule has 2 aromatic rings. The predicted octanol–water partition coefficient (Wildman–Crippen LogP) is 7.04. The fourth-order valence-corrected chi connectivity index (χ4v) is 3.47. The molecule has 1 amide bonds. The van der Waals surface area contributed by atoms with Gasteiger partial charge in [-0.1, -0.05) is 74.2 Å². The van der Waals surface area contributed by atoms with E-state index in [1.165, 1.54) is 44.9 Å². The molecule has 0 aromatic heterocycles. The number of ether oxygens (including phenoxy) is 1. The van der Waals surface area contributed by atoms with Crippen molar-refractivity contribution in [1.82, 2.24) is 5.43 Å². The molecule has 0 saturated carbocycles. The molecule has 0 unspecified atom stereocenters. The molecule has 0 spiro atoms. The van der Waals surface area contributed by atoms with Crippen molar-refractivity contribution in [3.05, 3.63) is 64.1 Å². The van der Waals surface area contributed by atoms with Crippen LogP contribution >= 0.6 is 15.9 Å². The van der Waals surface area contributed by atoms with Crippen LogP contribution in [0.5, 0.6) is 5.75 Å². The number of benzene rings is 2. The van der Waals surface area contributed by atoms with Gasteiger partial charge < -0.3 is 4.74 Å². The van der Waals surface area contributed by atoms with Crippen molar-refractivity contribution < 1.29 is 14.3 Å². The minimum atomic E-state index is -0.414. The van der Waals surface area contributed by atoms with E-state index in [9.17, 15) is 9.59 Å². The fraction of sp³-hybridized carbons (Fsp3) is 0.423. The molecule has 5 nitrogen and oxygen atoms in total. The highest BCUT2D eigenvalue weighted by molar-refractivity contribution is 9.10. The molecular formula is C26H33BrN2O3. The van der Waals surface area contributed by atoms with Crippen LogP contribution < -0.4 is 10.2 Å². The lowest BCUT2D eigenvalue weighted by molar-refractivity contribution is -0.121. The standard InChI is InChI=1S/C26H33BrN2O3/c1-2-3-4-5-6-7-8-9-10-11-25(30)29-28-20-21-12-18-24(19-13-21)32-26(31)22-14-16-23(27)17-15-22/h12-20H,2-11H2,1H3,(H,29,30). The second-order valence-electron chi connectivity index (χ2n) is 7.84. The van der Waals surface area contributed by atoms with Crippen molar-refractivity contribution in [2.75, 3.05) is 0 Å². The summed E-state index contributed by atoms with van der Waals surface area (Å²) in [6.07, 6.45) is 13.1. The van der Waals surface area contributed by atoms with Gasteiger partial charge in [0, 0.05) is 10.9 Å². The van der Waals surface area contributed by atoms with Gasteiger partial charge in [-0.3, -0.25) is 4.79 Å². The molecule has 32 heavy (non-hydrogen) atoms. The lowest BCUT2D eigenvalue weighted by Gasteiger charge is -2.05. The smallest absolute Gasteiger partial charge is 0.343 e. The number of carbonyl (C=O) groups is 2. The number of hydrogen-bond donors (Lipinski definition) is 1. The van der Waals surface area contributed by atoms with Gasteiger partial charge in [-0.25, -0.2) is 10.2 Å². The van der Waals surface area contributed by atoms with E-state index in [4.69, 9.17) is 4.74 Å². The van der Waals surface area contributed by atoms with Gasteiger partial charge in [-0.15, -0.1) is 0 Å². The number of hydrazone groups is 1. The number of carbonyl (C=O) groups excluding carboxylic acids is 2. The van der Waals surface area contributed by atoms with E-state index < -0.39 is 5.97 Å². The maximum atomic E-state index is 12.1. The Morgan fingerprint density at radius 3 is 2.09 bits per heavy atom. The summed E-state index contributed by atoms with van der Waals surface area (Å²) in [7, 11) is 0. The van der Waals surface area contributed by atoms with Gasteiger partial charge >= 0.3 is 5.97 Å². The van der Waals surface area contributed by atoms with Crippen molar-refractivity contribution in [3.63, 3.8) is 0 Å². The Morgan fingerprint density at radius 1 is 0.875 bits per heavy atom. The Labute approximate surface area is 199 Å². The predicted molar refractivity (Wildman–Crippen MR) is 133 cm³/mol. The Bertz CT molecular complexity index is 848. The molecule has 0 fully saturated rings. The second-order valence-corrected chi connectivity index (χ2v) is 8.75. The van der Waals surface area contributed by atoms with Gasteiger partial charge in [0.05, 0.1) is 11.8 Å². The largest absolute Gasteiger partial charge is 0.423 e. The number of rotatable bonds is 14. The van der Waals surface area contributed by atoms with Crippen molar-refractivity contribution in [1.29, 1.82) is 0 Å². The van der Waals surface area contributed by atoms with E-state index in [1.807, 2.05) is 0 Å².